The van der Waals surface area contributed by atoms with E-state index in [-0.39, 0.29) is 23.4 Å². The summed E-state index contributed by atoms with van der Waals surface area (Å²) in [6, 6.07) is 16.8. The third-order valence-electron chi connectivity index (χ3n) is 8.62. The lowest BCUT2D eigenvalue weighted by molar-refractivity contribution is -0.139. The highest BCUT2D eigenvalue weighted by molar-refractivity contribution is 6.41. The normalized spacial score (nSPS) is 22.0. The minimum absolute atomic E-state index is 0.187. The smallest absolute Gasteiger partial charge is 0.208 e. The van der Waals surface area contributed by atoms with E-state index in [0.717, 1.165) is 60.9 Å². The van der Waals surface area contributed by atoms with Crippen molar-refractivity contribution >= 4 is 33.4 Å². The van der Waals surface area contributed by atoms with Crippen molar-refractivity contribution in [3.63, 3.8) is 0 Å². The van der Waals surface area contributed by atoms with E-state index < -0.39 is 0 Å². The third kappa shape index (κ3) is 2.97. The van der Waals surface area contributed by atoms with Crippen molar-refractivity contribution in [2.45, 2.75) is 57.3 Å². The maximum absolute atomic E-state index is 14.0. The summed E-state index contributed by atoms with van der Waals surface area (Å²) in [7, 11) is 4.10. The molecule has 174 valence electrons. The molecule has 4 heteroatoms. The van der Waals surface area contributed by atoms with Gasteiger partial charge < -0.3 is 9.13 Å². The number of carbonyl (C=O) groups is 2. The van der Waals surface area contributed by atoms with Gasteiger partial charge in [0.25, 0.3) is 0 Å². The molecule has 2 aromatic carbocycles. The van der Waals surface area contributed by atoms with E-state index in [1.807, 2.05) is 13.1 Å². The molecule has 2 aromatic heterocycles. The summed E-state index contributed by atoms with van der Waals surface area (Å²) >= 11 is 0. The van der Waals surface area contributed by atoms with Crippen LogP contribution in [0.4, 0.5) is 0 Å². The minimum Gasteiger partial charge on any atom is -0.347 e. The summed E-state index contributed by atoms with van der Waals surface area (Å²) < 4.78 is 4.34. The van der Waals surface area contributed by atoms with Crippen LogP contribution in [0.25, 0.3) is 21.8 Å². The average Bonchev–Trinajstić information content (AvgIpc) is 3.34. The molecule has 3 atom stereocenters. The van der Waals surface area contributed by atoms with E-state index in [9.17, 15) is 9.59 Å². The van der Waals surface area contributed by atoms with Crippen LogP contribution in [0.2, 0.25) is 0 Å². The second kappa shape index (κ2) is 7.97. The number of ketones is 2. The van der Waals surface area contributed by atoms with Gasteiger partial charge in [0.05, 0.1) is 11.8 Å². The number of hydrogen-bond donors (Lipinski definition) is 0. The van der Waals surface area contributed by atoms with Gasteiger partial charge in [0.2, 0.25) is 11.6 Å². The lowest BCUT2D eigenvalue weighted by Gasteiger charge is -2.31. The average molecular weight is 453 g/mol. The zero-order chi connectivity index (χ0) is 23.6. The van der Waals surface area contributed by atoms with Crippen LogP contribution < -0.4 is 0 Å². The van der Waals surface area contributed by atoms with Gasteiger partial charge in [0.15, 0.2) is 0 Å². The lowest BCUT2D eigenvalue weighted by atomic mass is 9.73. The van der Waals surface area contributed by atoms with Gasteiger partial charge in [0.1, 0.15) is 0 Å². The molecule has 34 heavy (non-hydrogen) atoms. The molecule has 2 aliphatic rings. The molecule has 0 aliphatic heterocycles. The number of rotatable bonds is 4. The molecular weight excluding hydrogens is 420 g/mol. The Labute approximate surface area is 200 Å². The van der Waals surface area contributed by atoms with Crippen LogP contribution in [0.5, 0.6) is 0 Å². The zero-order valence-corrected chi connectivity index (χ0v) is 20.3. The molecule has 3 unspecified atom stereocenters. The predicted octanol–water partition coefficient (Wildman–Crippen LogP) is 5.98. The first-order valence-electron chi connectivity index (χ1n) is 12.7. The Kier molecular flexibility index (Phi) is 5.02. The van der Waals surface area contributed by atoms with Crippen LogP contribution in [0.3, 0.4) is 0 Å². The van der Waals surface area contributed by atoms with Gasteiger partial charge in [-0.15, -0.1) is 0 Å². The molecule has 0 saturated heterocycles. The van der Waals surface area contributed by atoms with Gasteiger partial charge in [0, 0.05) is 47.3 Å². The summed E-state index contributed by atoms with van der Waals surface area (Å²) in [4.78, 5) is 28.0. The number of aryl methyl sites for hydroxylation is 3. The van der Waals surface area contributed by atoms with Crippen molar-refractivity contribution in [2.24, 2.45) is 20.0 Å². The Morgan fingerprint density at radius 2 is 1.38 bits per heavy atom. The molecule has 0 radical (unpaired) electrons. The minimum atomic E-state index is -0.348. The maximum Gasteiger partial charge on any atom is 0.208 e. The van der Waals surface area contributed by atoms with Gasteiger partial charge in [-0.1, -0.05) is 49.7 Å². The number of nitrogens with zero attached hydrogens (tertiary/aromatic N) is 2. The van der Waals surface area contributed by atoms with E-state index in [2.05, 4.69) is 65.6 Å². The van der Waals surface area contributed by atoms with Gasteiger partial charge >= 0.3 is 0 Å². The second-order valence-electron chi connectivity index (χ2n) is 10.3. The molecule has 0 saturated carbocycles. The summed E-state index contributed by atoms with van der Waals surface area (Å²) in [6.07, 6.45) is 5.47. The number of Topliss-reactive ketones (excluding diaryl/α,β-unsaturated/α-hetero) is 2. The summed E-state index contributed by atoms with van der Waals surface area (Å²) in [6.45, 7) is 2.20. The summed E-state index contributed by atoms with van der Waals surface area (Å²) in [5.41, 5.74) is 6.97. The summed E-state index contributed by atoms with van der Waals surface area (Å²) in [5, 5.41) is 2.46. The van der Waals surface area contributed by atoms with Crippen LogP contribution in [0.15, 0.2) is 48.5 Å². The number of hydrogen-bond acceptors (Lipinski definition) is 2. The molecular formula is C30H32N2O2. The lowest BCUT2D eigenvalue weighted by Crippen LogP contribution is -2.34. The molecule has 0 spiro atoms. The number of fused-ring (bicyclic) bond motifs is 6. The van der Waals surface area contributed by atoms with Crippen LogP contribution in [-0.2, 0) is 36.5 Å². The fourth-order valence-corrected chi connectivity index (χ4v) is 6.93. The SMILES string of the molecule is CCC1Cc2c(n(C)c3ccccc23)C(C(=O)C(=O)C2CCCc3c2n(C)c2ccccc32)C1. The molecule has 0 amide bonds. The second-order valence-corrected chi connectivity index (χ2v) is 10.3. The number of benzene rings is 2. The Morgan fingerprint density at radius 3 is 2.03 bits per heavy atom. The number of para-hydroxylation sites is 2. The monoisotopic (exact) mass is 452 g/mol. The molecule has 2 heterocycles. The van der Waals surface area contributed by atoms with Crippen molar-refractivity contribution in [3.05, 3.63) is 71.0 Å². The van der Waals surface area contributed by atoms with Gasteiger partial charge in [-0.3, -0.25) is 9.59 Å². The number of carbonyl (C=O) groups excluding carboxylic acids is 2. The topological polar surface area (TPSA) is 44.0 Å². The Balaban J connectivity index is 1.44. The number of aromatic nitrogens is 2. The van der Waals surface area contributed by atoms with Gasteiger partial charge in [-0.2, -0.15) is 0 Å². The van der Waals surface area contributed by atoms with E-state index in [1.54, 1.807) is 0 Å². The fourth-order valence-electron chi connectivity index (χ4n) is 6.93. The maximum atomic E-state index is 14.0. The quantitative estimate of drug-likeness (QED) is 0.357. The first-order chi connectivity index (χ1) is 16.5. The van der Waals surface area contributed by atoms with Crippen molar-refractivity contribution in [3.8, 4) is 0 Å². The molecule has 0 N–H and O–H groups in total. The first-order valence-corrected chi connectivity index (χ1v) is 12.7. The standard InChI is InChI=1S/C30H32N2O2/c1-4-18-16-23-20-11-6-8-15-26(20)32(3)28(23)24(17-18)30(34)29(33)22-13-9-12-21-19-10-5-7-14-25(19)31(2)27(21)22/h5-8,10-11,14-15,18,22,24H,4,9,12-13,16-17H2,1-3H3. The zero-order valence-electron chi connectivity index (χ0n) is 20.3. The Hall–Kier alpha value is -3.14. The molecule has 2 aliphatic carbocycles. The highest BCUT2D eigenvalue weighted by atomic mass is 16.2. The highest BCUT2D eigenvalue weighted by Crippen LogP contribution is 2.44. The third-order valence-corrected chi connectivity index (χ3v) is 8.62. The van der Waals surface area contributed by atoms with Crippen molar-refractivity contribution in [1.82, 2.24) is 9.13 Å². The van der Waals surface area contributed by atoms with Crippen LogP contribution in [-0.4, -0.2) is 20.7 Å². The van der Waals surface area contributed by atoms with Crippen LogP contribution in [0.1, 0.15) is 67.0 Å². The van der Waals surface area contributed by atoms with Crippen molar-refractivity contribution in [2.75, 3.05) is 0 Å². The van der Waals surface area contributed by atoms with Gasteiger partial charge in [-0.05, 0) is 61.3 Å². The molecule has 0 fully saturated rings. The van der Waals surface area contributed by atoms with E-state index in [1.165, 1.54) is 21.9 Å². The van der Waals surface area contributed by atoms with E-state index in [4.69, 9.17) is 0 Å². The summed E-state index contributed by atoms with van der Waals surface area (Å²) in [5.74, 6) is -0.634. The molecule has 4 aromatic rings. The van der Waals surface area contributed by atoms with Crippen molar-refractivity contribution < 1.29 is 9.59 Å². The predicted molar refractivity (Wildman–Crippen MR) is 136 cm³/mol. The highest BCUT2D eigenvalue weighted by Gasteiger charge is 2.41. The molecule has 0 bridgehead atoms. The largest absolute Gasteiger partial charge is 0.347 e. The molecule has 4 nitrogen and oxygen atoms in total. The Morgan fingerprint density at radius 1 is 0.824 bits per heavy atom. The first kappa shape index (κ1) is 21.4. The van der Waals surface area contributed by atoms with Crippen LogP contribution in [0, 0.1) is 5.92 Å². The van der Waals surface area contributed by atoms with Crippen molar-refractivity contribution in [1.29, 1.82) is 0 Å². The Bertz CT molecular complexity index is 1450. The van der Waals surface area contributed by atoms with Gasteiger partial charge in [-0.25, -0.2) is 0 Å². The molecule has 6 rings (SSSR count). The fraction of sp³-hybridized carbons (Fsp3) is 0.400. The van der Waals surface area contributed by atoms with Crippen LogP contribution >= 0.6 is 0 Å². The van der Waals surface area contributed by atoms with E-state index in [0.29, 0.717) is 5.92 Å². The van der Waals surface area contributed by atoms with E-state index >= 15 is 0 Å².